The maximum absolute atomic E-state index is 13.8. The number of hydrogen-bond donors (Lipinski definition) is 0. The second-order valence-corrected chi connectivity index (χ2v) is 6.35. The van der Waals surface area contributed by atoms with Crippen LogP contribution in [0.2, 0.25) is 0 Å². The maximum Gasteiger partial charge on any atom is 0.231 e. The van der Waals surface area contributed by atoms with Crippen molar-refractivity contribution >= 4 is 11.9 Å². The van der Waals surface area contributed by atoms with Gasteiger partial charge in [0.25, 0.3) is 0 Å². The smallest absolute Gasteiger partial charge is 0.231 e. The molecule has 0 saturated heterocycles. The first kappa shape index (κ1) is 19.6. The molecule has 0 aromatic heterocycles. The Kier molecular flexibility index (Phi) is 4.99. The molecule has 4 rings (SSSR count). The first-order valence-corrected chi connectivity index (χ1v) is 8.63. The van der Waals surface area contributed by atoms with Crippen molar-refractivity contribution in [3.8, 4) is 11.5 Å². The lowest BCUT2D eigenvalue weighted by Gasteiger charge is -2.10. The van der Waals surface area contributed by atoms with Crippen LogP contribution in [0, 0.1) is 29.1 Å². The largest absolute Gasteiger partial charge is 0.489 e. The molecule has 0 spiro atoms. The van der Waals surface area contributed by atoms with Crippen LogP contribution in [0.5, 0.6) is 11.5 Å². The van der Waals surface area contributed by atoms with Crippen LogP contribution in [0.15, 0.2) is 54.3 Å². The third-order valence-electron chi connectivity index (χ3n) is 4.42. The molecule has 0 aliphatic carbocycles. The summed E-state index contributed by atoms with van der Waals surface area (Å²) in [7, 11) is 0. The molecule has 0 radical (unpaired) electrons. The van der Waals surface area contributed by atoms with E-state index in [2.05, 4.69) is 0 Å². The van der Waals surface area contributed by atoms with Crippen molar-refractivity contribution in [2.45, 2.75) is 6.61 Å². The molecule has 3 aromatic rings. The minimum atomic E-state index is -2.24. The molecular formula is C22H11F5O3. The fourth-order valence-electron chi connectivity index (χ4n) is 2.89. The highest BCUT2D eigenvalue weighted by Crippen LogP contribution is 2.35. The van der Waals surface area contributed by atoms with E-state index >= 15 is 0 Å². The van der Waals surface area contributed by atoms with E-state index in [0.717, 1.165) is 5.56 Å². The van der Waals surface area contributed by atoms with Gasteiger partial charge in [0.15, 0.2) is 29.0 Å². The Labute approximate surface area is 167 Å². The SMILES string of the molecule is O=C1/C(=C/c2ccccc2)Oc2cc(OCc3c(F)c(F)c(F)c(F)c3F)ccc21. The highest BCUT2D eigenvalue weighted by Gasteiger charge is 2.29. The highest BCUT2D eigenvalue weighted by atomic mass is 19.2. The number of fused-ring (bicyclic) bond motifs is 1. The van der Waals surface area contributed by atoms with Gasteiger partial charge in [-0.1, -0.05) is 30.3 Å². The first-order valence-electron chi connectivity index (χ1n) is 8.63. The van der Waals surface area contributed by atoms with Crippen molar-refractivity contribution < 1.29 is 36.2 Å². The van der Waals surface area contributed by atoms with Crippen LogP contribution >= 0.6 is 0 Å². The number of ketones is 1. The molecule has 0 saturated carbocycles. The number of rotatable bonds is 4. The topological polar surface area (TPSA) is 35.5 Å². The van der Waals surface area contributed by atoms with Gasteiger partial charge in [-0.05, 0) is 23.8 Å². The molecular weight excluding hydrogens is 407 g/mol. The Morgan fingerprint density at radius 1 is 0.833 bits per heavy atom. The summed E-state index contributed by atoms with van der Waals surface area (Å²) in [6.07, 6.45) is 1.55. The Balaban J connectivity index is 1.56. The predicted octanol–water partition coefficient (Wildman–Crippen LogP) is 5.58. The molecule has 0 bridgehead atoms. The summed E-state index contributed by atoms with van der Waals surface area (Å²) in [5, 5.41) is 0. The molecule has 3 aromatic carbocycles. The van der Waals surface area contributed by atoms with Crippen LogP contribution in [-0.2, 0) is 6.61 Å². The second-order valence-electron chi connectivity index (χ2n) is 6.35. The average molecular weight is 418 g/mol. The zero-order valence-corrected chi connectivity index (χ0v) is 15.0. The number of allylic oxidation sites excluding steroid dienone is 1. The van der Waals surface area contributed by atoms with Gasteiger partial charge in [0, 0.05) is 6.07 Å². The van der Waals surface area contributed by atoms with Crippen LogP contribution < -0.4 is 9.47 Å². The van der Waals surface area contributed by atoms with Crippen LogP contribution in [0.1, 0.15) is 21.5 Å². The van der Waals surface area contributed by atoms with E-state index in [4.69, 9.17) is 9.47 Å². The van der Waals surface area contributed by atoms with Crippen molar-refractivity contribution in [3.05, 3.63) is 100 Å². The van der Waals surface area contributed by atoms with E-state index in [1.54, 1.807) is 30.3 Å². The Hall–Kier alpha value is -3.68. The Morgan fingerprint density at radius 3 is 2.13 bits per heavy atom. The molecule has 30 heavy (non-hydrogen) atoms. The Bertz CT molecular complexity index is 1160. The van der Waals surface area contributed by atoms with Gasteiger partial charge in [-0.25, -0.2) is 22.0 Å². The number of Topliss-reactive ketones (excluding diaryl/α,β-unsaturated/α-hetero) is 1. The van der Waals surface area contributed by atoms with E-state index in [1.165, 1.54) is 18.2 Å². The standard InChI is InChI=1S/C22H11F5O3/c23-17-14(18(24)20(26)21(27)19(17)25)10-29-12-6-7-13-15(9-12)30-16(22(13)28)8-11-4-2-1-3-5-11/h1-9H,10H2/b16-8-. The molecule has 0 amide bonds. The van der Waals surface area contributed by atoms with E-state index in [0.29, 0.717) is 0 Å². The third-order valence-corrected chi connectivity index (χ3v) is 4.42. The Morgan fingerprint density at radius 2 is 1.47 bits per heavy atom. The zero-order chi connectivity index (χ0) is 21.4. The molecule has 8 heteroatoms. The van der Waals surface area contributed by atoms with Crippen LogP contribution in [0.4, 0.5) is 22.0 Å². The summed E-state index contributed by atoms with van der Waals surface area (Å²) < 4.78 is 77.9. The molecule has 1 aliphatic heterocycles. The number of carbonyl (C=O) groups excluding carboxylic acids is 1. The average Bonchev–Trinajstić information content (AvgIpc) is 3.06. The highest BCUT2D eigenvalue weighted by molar-refractivity contribution is 6.14. The molecule has 1 aliphatic rings. The number of benzene rings is 3. The molecule has 0 N–H and O–H groups in total. The normalized spacial score (nSPS) is 14.0. The van der Waals surface area contributed by atoms with E-state index in [9.17, 15) is 26.7 Å². The van der Waals surface area contributed by atoms with E-state index in [1.807, 2.05) is 6.07 Å². The molecule has 0 unspecified atom stereocenters. The molecule has 1 heterocycles. The minimum Gasteiger partial charge on any atom is -0.489 e. The van der Waals surface area contributed by atoms with Gasteiger partial charge in [-0.3, -0.25) is 4.79 Å². The van der Waals surface area contributed by atoms with Crippen LogP contribution in [-0.4, -0.2) is 5.78 Å². The van der Waals surface area contributed by atoms with Crippen LogP contribution in [0.25, 0.3) is 6.08 Å². The summed E-state index contributed by atoms with van der Waals surface area (Å²) >= 11 is 0. The fourth-order valence-corrected chi connectivity index (χ4v) is 2.89. The number of ether oxygens (including phenoxy) is 2. The lowest BCUT2D eigenvalue weighted by atomic mass is 10.1. The van der Waals surface area contributed by atoms with Crippen molar-refractivity contribution in [3.63, 3.8) is 0 Å². The molecule has 0 atom stereocenters. The molecule has 152 valence electrons. The van der Waals surface area contributed by atoms with Gasteiger partial charge < -0.3 is 9.47 Å². The van der Waals surface area contributed by atoms with Crippen molar-refractivity contribution in [1.82, 2.24) is 0 Å². The van der Waals surface area contributed by atoms with Gasteiger partial charge >= 0.3 is 0 Å². The molecule has 3 nitrogen and oxygen atoms in total. The summed E-state index contributed by atoms with van der Waals surface area (Å²) in [6.45, 7) is -0.911. The lowest BCUT2D eigenvalue weighted by molar-refractivity contribution is 0.101. The van der Waals surface area contributed by atoms with Gasteiger partial charge in [-0.2, -0.15) is 0 Å². The van der Waals surface area contributed by atoms with Crippen molar-refractivity contribution in [2.75, 3.05) is 0 Å². The lowest BCUT2D eigenvalue weighted by Crippen LogP contribution is -2.09. The quantitative estimate of drug-likeness (QED) is 0.240. The summed E-state index contributed by atoms with van der Waals surface area (Å²) in [4.78, 5) is 12.4. The number of hydrogen-bond acceptors (Lipinski definition) is 3. The third kappa shape index (κ3) is 3.41. The zero-order valence-electron chi connectivity index (χ0n) is 15.0. The minimum absolute atomic E-state index is 0.0199. The van der Waals surface area contributed by atoms with Gasteiger partial charge in [0.2, 0.25) is 11.6 Å². The number of halogens is 5. The first-order chi connectivity index (χ1) is 14.4. The van der Waals surface area contributed by atoms with Gasteiger partial charge in [0.1, 0.15) is 18.1 Å². The van der Waals surface area contributed by atoms with E-state index in [-0.39, 0.29) is 28.6 Å². The van der Waals surface area contributed by atoms with Crippen molar-refractivity contribution in [2.24, 2.45) is 0 Å². The van der Waals surface area contributed by atoms with Gasteiger partial charge in [0.05, 0.1) is 11.1 Å². The van der Waals surface area contributed by atoms with Crippen LogP contribution in [0.3, 0.4) is 0 Å². The maximum atomic E-state index is 13.8. The number of carbonyl (C=O) groups is 1. The molecule has 0 fully saturated rings. The van der Waals surface area contributed by atoms with E-state index < -0.39 is 41.3 Å². The fraction of sp³-hybridized carbons (Fsp3) is 0.0455. The van der Waals surface area contributed by atoms with Gasteiger partial charge in [-0.15, -0.1) is 0 Å². The summed E-state index contributed by atoms with van der Waals surface area (Å²) in [5.74, 6) is -10.4. The summed E-state index contributed by atoms with van der Waals surface area (Å²) in [6, 6.07) is 13.0. The monoisotopic (exact) mass is 418 g/mol. The predicted molar refractivity (Wildman–Crippen MR) is 96.4 cm³/mol. The summed E-state index contributed by atoms with van der Waals surface area (Å²) in [5.41, 5.74) is -0.106. The second kappa shape index (κ2) is 7.62. The van der Waals surface area contributed by atoms with Crippen molar-refractivity contribution in [1.29, 1.82) is 0 Å².